The average molecular weight is 681 g/mol. The number of carbonyl (C=O) groups is 2. The van der Waals surface area contributed by atoms with Crippen LogP contribution in [0.4, 0.5) is 4.79 Å². The summed E-state index contributed by atoms with van der Waals surface area (Å²) in [5, 5.41) is 5.67. The van der Waals surface area contributed by atoms with Crippen LogP contribution in [0.15, 0.2) is 78.9 Å². The Morgan fingerprint density at radius 3 is 2.15 bits per heavy atom. The zero-order valence-corrected chi connectivity index (χ0v) is 30.4. The molecular formula is C37H49ClN2O6Si. The van der Waals surface area contributed by atoms with Crippen LogP contribution in [0.2, 0.25) is 10.1 Å². The first-order chi connectivity index (χ1) is 22.3. The standard InChI is InChI=1S/C37H49ClN2O6Si/c1-8-9-22-44-35(42)40-24-33(34(41)39-37(5,6)31-21-20-27(38)23-32(31)43-7)45-25-28(40)26-46-47(36(2,3)4,29-16-12-10-13-17-29)30-18-14-11-15-19-30/h10-21,23,28,33H,8-9,22,24-26H2,1-7H3,(H,39,41)/t28-,33-/m0/s1. The molecule has 0 bridgehead atoms. The summed E-state index contributed by atoms with van der Waals surface area (Å²) in [6.07, 6.45) is 0.260. The van der Waals surface area contributed by atoms with Gasteiger partial charge in [0.25, 0.3) is 14.2 Å². The fourth-order valence-corrected chi connectivity index (χ4v) is 11.0. The van der Waals surface area contributed by atoms with Crippen molar-refractivity contribution in [3.63, 3.8) is 0 Å². The smallest absolute Gasteiger partial charge is 0.410 e. The van der Waals surface area contributed by atoms with Crippen molar-refractivity contribution < 1.29 is 28.2 Å². The molecule has 0 spiro atoms. The Hall–Kier alpha value is -3.37. The molecule has 1 aliphatic heterocycles. The van der Waals surface area contributed by atoms with Gasteiger partial charge >= 0.3 is 6.09 Å². The SMILES string of the molecule is CCCCOC(=O)N1C[C@@H](C(=O)NC(C)(C)c2ccc(Cl)cc2OC)OC[C@H]1CO[Si](c1ccccc1)(c1ccccc1)C(C)(C)C. The number of amides is 2. The van der Waals surface area contributed by atoms with E-state index in [-0.39, 0.29) is 30.7 Å². The van der Waals surface area contributed by atoms with E-state index in [1.54, 1.807) is 24.1 Å². The molecule has 1 aliphatic rings. The molecule has 4 rings (SSSR count). The Morgan fingerprint density at radius 2 is 1.60 bits per heavy atom. The maximum absolute atomic E-state index is 13.7. The number of ether oxygens (including phenoxy) is 3. The molecule has 0 unspecified atom stereocenters. The number of nitrogens with one attached hydrogen (secondary N) is 1. The van der Waals surface area contributed by atoms with Crippen LogP contribution in [0, 0.1) is 0 Å². The molecule has 1 fully saturated rings. The van der Waals surface area contributed by atoms with Crippen LogP contribution >= 0.6 is 11.6 Å². The molecule has 0 saturated carbocycles. The molecule has 47 heavy (non-hydrogen) atoms. The van der Waals surface area contributed by atoms with Crippen molar-refractivity contribution in [2.75, 3.05) is 33.5 Å². The van der Waals surface area contributed by atoms with Crippen molar-refractivity contribution in [3.05, 3.63) is 89.4 Å². The summed E-state index contributed by atoms with van der Waals surface area (Å²) in [5.74, 6) is 0.221. The number of halogens is 1. The summed E-state index contributed by atoms with van der Waals surface area (Å²) in [5.41, 5.74) is -0.0486. The maximum Gasteiger partial charge on any atom is 0.410 e. The van der Waals surface area contributed by atoms with Crippen LogP contribution < -0.4 is 20.4 Å². The van der Waals surface area contributed by atoms with E-state index in [1.165, 1.54) is 0 Å². The second-order valence-corrected chi connectivity index (χ2v) is 18.3. The van der Waals surface area contributed by atoms with E-state index in [4.69, 9.17) is 30.2 Å². The molecule has 0 radical (unpaired) electrons. The van der Waals surface area contributed by atoms with Crippen molar-refractivity contribution in [2.45, 2.75) is 77.1 Å². The predicted octanol–water partition coefficient (Wildman–Crippen LogP) is 6.28. The van der Waals surface area contributed by atoms with Gasteiger partial charge in [-0.3, -0.25) is 9.69 Å². The molecule has 8 nitrogen and oxygen atoms in total. The van der Waals surface area contributed by atoms with E-state index >= 15 is 0 Å². The number of hydrogen-bond donors (Lipinski definition) is 1. The largest absolute Gasteiger partial charge is 0.496 e. The third kappa shape index (κ3) is 8.38. The minimum Gasteiger partial charge on any atom is -0.496 e. The first-order valence-corrected chi connectivity index (χ1v) is 18.6. The predicted molar refractivity (Wildman–Crippen MR) is 189 cm³/mol. The first-order valence-electron chi connectivity index (χ1n) is 16.3. The van der Waals surface area contributed by atoms with Crippen molar-refractivity contribution in [2.24, 2.45) is 0 Å². The number of hydrogen-bond acceptors (Lipinski definition) is 6. The van der Waals surface area contributed by atoms with Gasteiger partial charge in [0.15, 0.2) is 6.10 Å². The quantitative estimate of drug-likeness (QED) is 0.179. The van der Waals surface area contributed by atoms with Crippen LogP contribution in [-0.4, -0.2) is 70.8 Å². The second-order valence-electron chi connectivity index (χ2n) is 13.5. The van der Waals surface area contributed by atoms with Crippen LogP contribution in [0.3, 0.4) is 0 Å². The molecule has 254 valence electrons. The van der Waals surface area contributed by atoms with E-state index in [1.807, 2.05) is 63.2 Å². The Labute approximate surface area is 285 Å². The van der Waals surface area contributed by atoms with Crippen LogP contribution in [0.5, 0.6) is 5.75 Å². The summed E-state index contributed by atoms with van der Waals surface area (Å²) < 4.78 is 24.6. The van der Waals surface area contributed by atoms with E-state index in [0.717, 1.165) is 28.8 Å². The van der Waals surface area contributed by atoms with E-state index in [2.05, 4.69) is 50.4 Å². The summed E-state index contributed by atoms with van der Waals surface area (Å²) >= 11 is 6.18. The van der Waals surface area contributed by atoms with Crippen LogP contribution in [0.1, 0.15) is 59.9 Å². The van der Waals surface area contributed by atoms with Crippen molar-refractivity contribution in [1.29, 1.82) is 0 Å². The molecule has 1 saturated heterocycles. The number of methoxy groups -OCH3 is 1. The van der Waals surface area contributed by atoms with Gasteiger partial charge in [-0.25, -0.2) is 4.79 Å². The monoisotopic (exact) mass is 680 g/mol. The molecule has 1 heterocycles. The third-order valence-electron chi connectivity index (χ3n) is 8.73. The summed E-state index contributed by atoms with van der Waals surface area (Å²) in [6.45, 7) is 13.1. The van der Waals surface area contributed by atoms with Gasteiger partial charge in [0.1, 0.15) is 5.75 Å². The lowest BCUT2D eigenvalue weighted by Gasteiger charge is -2.45. The maximum atomic E-state index is 13.7. The summed E-state index contributed by atoms with van der Waals surface area (Å²) in [4.78, 5) is 28.9. The van der Waals surface area contributed by atoms with Crippen molar-refractivity contribution >= 4 is 42.3 Å². The summed E-state index contributed by atoms with van der Waals surface area (Å²) in [7, 11) is -1.32. The number of nitrogens with zero attached hydrogens (tertiary/aromatic N) is 1. The van der Waals surface area contributed by atoms with E-state index < -0.39 is 32.1 Å². The van der Waals surface area contributed by atoms with Gasteiger partial charge in [0.2, 0.25) is 0 Å². The molecule has 3 aromatic carbocycles. The van der Waals surface area contributed by atoms with Gasteiger partial charge in [0, 0.05) is 10.6 Å². The topological polar surface area (TPSA) is 86.3 Å². The molecule has 3 aromatic rings. The Bertz CT molecular complexity index is 1440. The van der Waals surface area contributed by atoms with Crippen molar-refractivity contribution in [1.82, 2.24) is 10.2 Å². The van der Waals surface area contributed by atoms with E-state index in [9.17, 15) is 9.59 Å². The van der Waals surface area contributed by atoms with Gasteiger partial charge < -0.3 is 24.0 Å². The molecule has 0 aromatic heterocycles. The molecule has 10 heteroatoms. The van der Waals surface area contributed by atoms with Gasteiger partial charge in [-0.1, -0.05) is 112 Å². The molecule has 1 N–H and O–H groups in total. The highest BCUT2D eigenvalue weighted by Gasteiger charge is 2.51. The van der Waals surface area contributed by atoms with Crippen molar-refractivity contribution in [3.8, 4) is 5.75 Å². The lowest BCUT2D eigenvalue weighted by molar-refractivity contribution is -0.143. The highest BCUT2D eigenvalue weighted by molar-refractivity contribution is 6.99. The Kier molecular flexibility index (Phi) is 12.2. The zero-order chi connectivity index (χ0) is 34.2. The Morgan fingerprint density at radius 1 is 0.979 bits per heavy atom. The minimum absolute atomic E-state index is 0.0272. The highest BCUT2D eigenvalue weighted by atomic mass is 35.5. The van der Waals surface area contributed by atoms with Gasteiger partial charge in [0.05, 0.1) is 45.1 Å². The lowest BCUT2D eigenvalue weighted by Crippen LogP contribution is -2.68. The second kappa shape index (κ2) is 15.7. The number of carbonyl (C=O) groups excluding carboxylic acids is 2. The lowest BCUT2D eigenvalue weighted by atomic mass is 9.92. The van der Waals surface area contributed by atoms with Gasteiger partial charge in [-0.15, -0.1) is 0 Å². The molecule has 0 aliphatic carbocycles. The third-order valence-corrected chi connectivity index (χ3v) is 14.0. The summed E-state index contributed by atoms with van der Waals surface area (Å²) in [6, 6.07) is 25.6. The number of rotatable bonds is 12. The number of benzene rings is 3. The molecule has 2 atom stereocenters. The molecule has 2 amide bonds. The normalized spacial score (nSPS) is 17.2. The minimum atomic E-state index is -2.88. The number of unbranched alkanes of at least 4 members (excludes halogenated alkanes) is 1. The van der Waals surface area contributed by atoms with Crippen LogP contribution in [-0.2, 0) is 24.2 Å². The molecular weight excluding hydrogens is 632 g/mol. The zero-order valence-electron chi connectivity index (χ0n) is 28.7. The van der Waals surface area contributed by atoms with Gasteiger partial charge in [-0.05, 0) is 47.8 Å². The first kappa shape index (κ1) is 36.5. The Balaban J connectivity index is 1.60. The van der Waals surface area contributed by atoms with Gasteiger partial charge in [-0.2, -0.15) is 0 Å². The fourth-order valence-electron chi connectivity index (χ4n) is 6.22. The highest BCUT2D eigenvalue weighted by Crippen LogP contribution is 2.37. The van der Waals surface area contributed by atoms with E-state index in [0.29, 0.717) is 17.4 Å². The van der Waals surface area contributed by atoms with Crippen LogP contribution in [0.25, 0.3) is 0 Å². The number of morpholine rings is 1. The average Bonchev–Trinajstić information content (AvgIpc) is 3.05. The fraction of sp³-hybridized carbons (Fsp3) is 0.459.